The molecule has 0 bridgehead atoms. The normalized spacial score (nSPS) is 16.6. The first-order valence-electron chi connectivity index (χ1n) is 12.9. The van der Waals surface area contributed by atoms with Crippen molar-refractivity contribution in [3.63, 3.8) is 0 Å². The van der Waals surface area contributed by atoms with E-state index in [2.05, 4.69) is 9.88 Å². The summed E-state index contributed by atoms with van der Waals surface area (Å²) in [5, 5.41) is 9.10. The van der Waals surface area contributed by atoms with Crippen molar-refractivity contribution in [1.29, 1.82) is 0 Å². The highest BCUT2D eigenvalue weighted by Crippen LogP contribution is 2.51. The van der Waals surface area contributed by atoms with Crippen LogP contribution in [0.15, 0.2) is 51.7 Å². The Bertz CT molecular complexity index is 1340. The zero-order valence-corrected chi connectivity index (χ0v) is 24.8. The molecule has 2 aliphatic rings. The summed E-state index contributed by atoms with van der Waals surface area (Å²) >= 11 is 4.23. The van der Waals surface area contributed by atoms with Crippen LogP contribution in [0.5, 0.6) is 5.75 Å². The Morgan fingerprint density at radius 3 is 2.54 bits per heavy atom. The number of anilines is 2. The largest absolute Gasteiger partial charge is 0.487 e. The summed E-state index contributed by atoms with van der Waals surface area (Å²) in [5.74, 6) is -5.12. The third-order valence-corrected chi connectivity index (χ3v) is 9.58. The van der Waals surface area contributed by atoms with Gasteiger partial charge in [0.2, 0.25) is 11.8 Å². The molecule has 222 valence electrons. The number of aromatic nitrogens is 1. The van der Waals surface area contributed by atoms with Gasteiger partial charge in [-0.15, -0.1) is 34.9 Å². The van der Waals surface area contributed by atoms with Crippen LogP contribution in [0.1, 0.15) is 54.9 Å². The van der Waals surface area contributed by atoms with Crippen LogP contribution in [-0.2, 0) is 6.61 Å². The second kappa shape index (κ2) is 13.2. The standard InChI is InChI=1S/C24H21F3N2O3S3.C4H8F2/c25-14-2-4-15(5-3-14)29-6-1-7-33-19-9-18(32-12-21-22(23(30)31)28-13-34-21)20(8-17(19)29)35-16-10-24(26,27)11-16;1-3-4(2,5)6/h2-5,8-9,13,16H,1,6-7,10-12H2,(H,30,31);3H2,1-2H3. The topological polar surface area (TPSA) is 62.7 Å². The van der Waals surface area contributed by atoms with Gasteiger partial charge in [0.15, 0.2) is 5.69 Å². The van der Waals surface area contributed by atoms with Crippen LogP contribution in [0.4, 0.5) is 33.3 Å². The molecule has 1 fully saturated rings. The first-order valence-corrected chi connectivity index (χ1v) is 15.6. The molecule has 5 rings (SSSR count). The fourth-order valence-corrected chi connectivity index (χ4v) is 7.13. The number of nitrogens with zero attached hydrogens (tertiary/aromatic N) is 2. The Balaban J connectivity index is 0.000000585. The molecule has 0 saturated heterocycles. The third-order valence-electron chi connectivity index (χ3n) is 6.41. The van der Waals surface area contributed by atoms with Crippen LogP contribution in [-0.4, -0.2) is 45.5 Å². The number of thioether (sulfide) groups is 2. The van der Waals surface area contributed by atoms with E-state index in [-0.39, 0.29) is 42.6 Å². The average Bonchev–Trinajstić information content (AvgIpc) is 3.28. The summed E-state index contributed by atoms with van der Waals surface area (Å²) in [6.07, 6.45) is 0.464. The molecule has 13 heteroatoms. The van der Waals surface area contributed by atoms with Crippen molar-refractivity contribution in [1.82, 2.24) is 4.98 Å². The van der Waals surface area contributed by atoms with Crippen molar-refractivity contribution in [2.45, 2.75) is 73.0 Å². The Hall–Kier alpha value is -2.51. The lowest BCUT2D eigenvalue weighted by Gasteiger charge is -2.35. The molecule has 0 radical (unpaired) electrons. The molecular weight excluding hydrogens is 604 g/mol. The van der Waals surface area contributed by atoms with Gasteiger partial charge in [-0.3, -0.25) is 0 Å². The van der Waals surface area contributed by atoms with Gasteiger partial charge in [-0.05, 0) is 55.5 Å². The summed E-state index contributed by atoms with van der Waals surface area (Å²) in [6.45, 7) is 3.12. The highest BCUT2D eigenvalue weighted by molar-refractivity contribution is 8.00. The number of rotatable bonds is 8. The number of halogens is 5. The maximum Gasteiger partial charge on any atom is 0.355 e. The minimum Gasteiger partial charge on any atom is -0.487 e. The smallest absolute Gasteiger partial charge is 0.355 e. The summed E-state index contributed by atoms with van der Waals surface area (Å²) in [7, 11) is 0. The van der Waals surface area contributed by atoms with Gasteiger partial charge >= 0.3 is 5.97 Å². The molecule has 41 heavy (non-hydrogen) atoms. The Kier molecular flexibility index (Phi) is 10.1. The van der Waals surface area contributed by atoms with Gasteiger partial charge in [0, 0.05) is 41.6 Å². The van der Waals surface area contributed by atoms with E-state index in [1.807, 2.05) is 12.1 Å². The molecule has 0 amide bonds. The number of thiazole rings is 1. The predicted molar refractivity (Wildman–Crippen MR) is 153 cm³/mol. The van der Waals surface area contributed by atoms with E-state index in [1.54, 1.807) is 23.9 Å². The van der Waals surface area contributed by atoms with Gasteiger partial charge in [-0.25, -0.2) is 31.7 Å². The number of aromatic carboxylic acids is 1. The van der Waals surface area contributed by atoms with Gasteiger partial charge in [0.1, 0.15) is 18.2 Å². The van der Waals surface area contributed by atoms with Gasteiger partial charge in [-0.1, -0.05) is 6.92 Å². The molecule has 1 aliphatic carbocycles. The predicted octanol–water partition coefficient (Wildman–Crippen LogP) is 9.13. The molecule has 0 unspecified atom stereocenters. The van der Waals surface area contributed by atoms with Crippen LogP contribution in [0.25, 0.3) is 0 Å². The quantitative estimate of drug-likeness (QED) is 0.249. The van der Waals surface area contributed by atoms with Crippen LogP contribution in [0.3, 0.4) is 0 Å². The van der Waals surface area contributed by atoms with E-state index in [9.17, 15) is 31.9 Å². The van der Waals surface area contributed by atoms with E-state index < -0.39 is 17.8 Å². The SMILES string of the molecule is CCC(C)(F)F.O=C(O)c1ncsc1COc1cc2c(cc1SC1CC(F)(F)C1)N(c1ccc(F)cc1)CCCS2. The number of fused-ring (bicyclic) bond motifs is 1. The molecule has 3 aromatic rings. The molecule has 1 saturated carbocycles. The number of hydrogen-bond donors (Lipinski definition) is 1. The Labute approximate surface area is 247 Å². The molecule has 5 nitrogen and oxygen atoms in total. The number of hydrogen-bond acceptors (Lipinski definition) is 7. The number of ether oxygens (including phenoxy) is 1. The van der Waals surface area contributed by atoms with Crippen LogP contribution in [0, 0.1) is 5.82 Å². The Morgan fingerprint density at radius 2 is 1.93 bits per heavy atom. The van der Waals surface area contributed by atoms with Crippen molar-refractivity contribution in [3.8, 4) is 5.75 Å². The lowest BCUT2D eigenvalue weighted by molar-refractivity contribution is -0.0667. The van der Waals surface area contributed by atoms with Gasteiger partial charge < -0.3 is 14.7 Å². The van der Waals surface area contributed by atoms with E-state index in [1.165, 1.54) is 47.7 Å². The lowest BCUT2D eigenvalue weighted by Crippen LogP contribution is -2.37. The highest BCUT2D eigenvalue weighted by atomic mass is 32.2. The second-order valence-electron chi connectivity index (χ2n) is 9.74. The van der Waals surface area contributed by atoms with Crippen molar-refractivity contribution >= 4 is 52.2 Å². The number of carboxylic acids is 1. The molecule has 0 atom stereocenters. The minimum atomic E-state index is -2.64. The lowest BCUT2D eigenvalue weighted by atomic mass is 9.94. The number of carbonyl (C=O) groups is 1. The van der Waals surface area contributed by atoms with Crippen molar-refractivity contribution < 1.29 is 36.6 Å². The van der Waals surface area contributed by atoms with Crippen molar-refractivity contribution in [2.24, 2.45) is 0 Å². The molecule has 1 N–H and O–H groups in total. The minimum absolute atomic E-state index is 0.0197. The first-order chi connectivity index (χ1) is 19.3. The van der Waals surface area contributed by atoms with Crippen molar-refractivity contribution in [3.05, 3.63) is 58.3 Å². The van der Waals surface area contributed by atoms with Gasteiger partial charge in [0.05, 0.1) is 21.0 Å². The first kappa shape index (κ1) is 31.4. The number of alkyl halides is 4. The third kappa shape index (κ3) is 8.51. The molecular formula is C28H29F5N2O3S3. The second-order valence-corrected chi connectivity index (χ2v) is 13.2. The average molecular weight is 633 g/mol. The molecule has 2 heterocycles. The highest BCUT2D eigenvalue weighted by Gasteiger charge is 2.46. The van der Waals surface area contributed by atoms with Crippen LogP contribution >= 0.6 is 34.9 Å². The maximum atomic E-state index is 13.5. The van der Waals surface area contributed by atoms with Crippen molar-refractivity contribution in [2.75, 3.05) is 17.2 Å². The van der Waals surface area contributed by atoms with E-state index >= 15 is 0 Å². The summed E-state index contributed by atoms with van der Waals surface area (Å²) in [6, 6.07) is 10.2. The summed E-state index contributed by atoms with van der Waals surface area (Å²) in [4.78, 5) is 19.6. The zero-order chi connectivity index (χ0) is 29.8. The molecule has 1 aliphatic heterocycles. The monoisotopic (exact) mass is 632 g/mol. The zero-order valence-electron chi connectivity index (χ0n) is 22.3. The van der Waals surface area contributed by atoms with Gasteiger partial charge in [-0.2, -0.15) is 0 Å². The summed E-state index contributed by atoms with van der Waals surface area (Å²) < 4.78 is 69.6. The molecule has 2 aromatic carbocycles. The maximum absolute atomic E-state index is 13.5. The molecule has 1 aromatic heterocycles. The van der Waals surface area contributed by atoms with Crippen LogP contribution in [0.2, 0.25) is 0 Å². The van der Waals surface area contributed by atoms with Gasteiger partial charge in [0.25, 0.3) is 0 Å². The van der Waals surface area contributed by atoms with E-state index in [0.717, 1.165) is 46.8 Å². The Morgan fingerprint density at radius 1 is 1.24 bits per heavy atom. The van der Waals surface area contributed by atoms with E-state index in [0.29, 0.717) is 10.6 Å². The fourth-order valence-electron chi connectivity index (χ4n) is 4.04. The van der Waals surface area contributed by atoms with Crippen LogP contribution < -0.4 is 9.64 Å². The number of carboxylic acid groups (broad SMARTS) is 1. The summed E-state index contributed by atoms with van der Waals surface area (Å²) in [5.41, 5.74) is 3.19. The number of benzene rings is 2. The fraction of sp³-hybridized carbons (Fsp3) is 0.429. The van der Waals surface area contributed by atoms with E-state index in [4.69, 9.17) is 4.74 Å². The molecule has 0 spiro atoms.